The summed E-state index contributed by atoms with van der Waals surface area (Å²) in [5, 5.41) is 8.79. The largest absolute Gasteiger partial charge is 0.495 e. The van der Waals surface area contributed by atoms with Crippen LogP contribution in [0.1, 0.15) is 13.3 Å². The summed E-state index contributed by atoms with van der Waals surface area (Å²) >= 11 is 3.40. The van der Waals surface area contributed by atoms with E-state index in [2.05, 4.69) is 15.9 Å². The Labute approximate surface area is 109 Å². The molecule has 0 aromatic heterocycles. The molecule has 4 nitrogen and oxygen atoms in total. The summed E-state index contributed by atoms with van der Waals surface area (Å²) in [5.41, 5.74) is 0.871. The normalized spacial score (nSPS) is 12.0. The first-order valence-electron chi connectivity index (χ1n) is 5.24. The third-order valence-corrected chi connectivity index (χ3v) is 3.15. The van der Waals surface area contributed by atoms with Crippen molar-refractivity contribution in [2.24, 2.45) is 0 Å². The number of hydrogen-bond acceptors (Lipinski definition) is 3. The third kappa shape index (κ3) is 3.63. The zero-order chi connectivity index (χ0) is 13.0. The van der Waals surface area contributed by atoms with Crippen molar-refractivity contribution in [3.63, 3.8) is 0 Å². The van der Waals surface area contributed by atoms with Crippen molar-refractivity contribution in [1.82, 2.24) is 0 Å². The smallest absolute Gasteiger partial charge is 0.305 e. The molecule has 94 valence electrons. The first kappa shape index (κ1) is 13.8. The number of hydrogen-bond donors (Lipinski definition) is 1. The minimum atomic E-state index is -0.807. The van der Waals surface area contributed by atoms with Crippen LogP contribution >= 0.6 is 15.9 Å². The number of carbonyl (C=O) groups is 1. The first-order valence-corrected chi connectivity index (χ1v) is 6.03. The highest BCUT2D eigenvalue weighted by atomic mass is 79.9. The molecule has 0 bridgehead atoms. The van der Waals surface area contributed by atoms with Gasteiger partial charge in [0.25, 0.3) is 0 Å². The fraction of sp³-hybridized carbons (Fsp3) is 0.417. The summed E-state index contributed by atoms with van der Waals surface area (Å²) in [6, 6.07) is 5.55. The SMILES string of the molecule is COc1ccc(Br)cc1N(C)C(C)CC(=O)O. The molecule has 0 radical (unpaired) electrons. The molecular weight excluding hydrogens is 286 g/mol. The van der Waals surface area contributed by atoms with Gasteiger partial charge in [0.05, 0.1) is 19.2 Å². The number of halogens is 1. The molecule has 1 atom stereocenters. The molecule has 1 aromatic carbocycles. The van der Waals surface area contributed by atoms with Gasteiger partial charge in [0.1, 0.15) is 5.75 Å². The van der Waals surface area contributed by atoms with E-state index < -0.39 is 5.97 Å². The molecule has 0 saturated heterocycles. The van der Waals surface area contributed by atoms with Gasteiger partial charge in [-0.25, -0.2) is 0 Å². The number of methoxy groups -OCH3 is 1. The van der Waals surface area contributed by atoms with E-state index in [4.69, 9.17) is 9.84 Å². The van der Waals surface area contributed by atoms with Crippen LogP contribution < -0.4 is 9.64 Å². The monoisotopic (exact) mass is 301 g/mol. The quantitative estimate of drug-likeness (QED) is 0.908. The summed E-state index contributed by atoms with van der Waals surface area (Å²) in [6.45, 7) is 1.87. The molecule has 1 rings (SSSR count). The van der Waals surface area contributed by atoms with Crippen LogP contribution in [0.3, 0.4) is 0 Å². The summed E-state index contributed by atoms with van der Waals surface area (Å²) in [7, 11) is 3.46. The summed E-state index contributed by atoms with van der Waals surface area (Å²) in [6.07, 6.45) is 0.0895. The molecule has 0 aliphatic carbocycles. The lowest BCUT2D eigenvalue weighted by molar-refractivity contribution is -0.137. The van der Waals surface area contributed by atoms with Crippen molar-refractivity contribution >= 4 is 27.6 Å². The number of aliphatic carboxylic acids is 1. The molecule has 0 aliphatic heterocycles. The molecule has 1 unspecified atom stereocenters. The average molecular weight is 302 g/mol. The fourth-order valence-corrected chi connectivity index (χ4v) is 1.91. The molecule has 5 heteroatoms. The minimum absolute atomic E-state index is 0.0895. The van der Waals surface area contributed by atoms with Crippen molar-refractivity contribution in [2.75, 3.05) is 19.1 Å². The highest BCUT2D eigenvalue weighted by Gasteiger charge is 2.17. The summed E-state index contributed by atoms with van der Waals surface area (Å²) < 4.78 is 6.20. The first-order chi connectivity index (χ1) is 7.95. The third-order valence-electron chi connectivity index (χ3n) is 2.65. The van der Waals surface area contributed by atoms with Gasteiger partial charge < -0.3 is 14.7 Å². The van der Waals surface area contributed by atoms with Gasteiger partial charge in [-0.1, -0.05) is 15.9 Å². The van der Waals surface area contributed by atoms with Crippen LogP contribution in [0.4, 0.5) is 5.69 Å². The molecule has 0 amide bonds. The van der Waals surface area contributed by atoms with Gasteiger partial charge in [-0.2, -0.15) is 0 Å². The highest BCUT2D eigenvalue weighted by Crippen LogP contribution is 2.32. The molecule has 0 saturated carbocycles. The van der Waals surface area contributed by atoms with E-state index in [0.717, 1.165) is 15.9 Å². The maximum Gasteiger partial charge on any atom is 0.305 e. The Bertz CT molecular complexity index is 409. The Morgan fingerprint density at radius 2 is 2.24 bits per heavy atom. The van der Waals surface area contributed by atoms with E-state index in [1.54, 1.807) is 7.11 Å². The Kier molecular flexibility index (Phi) is 4.81. The molecule has 1 N–H and O–H groups in total. The lowest BCUT2D eigenvalue weighted by Gasteiger charge is -2.27. The second-order valence-electron chi connectivity index (χ2n) is 3.87. The summed E-state index contributed by atoms with van der Waals surface area (Å²) in [4.78, 5) is 12.6. The van der Waals surface area contributed by atoms with Crippen LogP contribution in [0.15, 0.2) is 22.7 Å². The Morgan fingerprint density at radius 1 is 1.59 bits per heavy atom. The molecule has 17 heavy (non-hydrogen) atoms. The standard InChI is InChI=1S/C12H16BrNO3/c1-8(6-12(15)16)14(2)10-7-9(13)4-5-11(10)17-3/h4-5,7-8H,6H2,1-3H3,(H,15,16). The molecule has 0 fully saturated rings. The van der Waals surface area contributed by atoms with Crippen LogP contribution in [0.5, 0.6) is 5.75 Å². The maximum absolute atomic E-state index is 10.7. The van der Waals surface area contributed by atoms with Gasteiger partial charge >= 0.3 is 5.97 Å². The molecule has 0 aliphatic rings. The van der Waals surface area contributed by atoms with Gasteiger partial charge in [-0.05, 0) is 25.1 Å². The number of anilines is 1. The number of nitrogens with zero attached hydrogens (tertiary/aromatic N) is 1. The lowest BCUT2D eigenvalue weighted by Crippen LogP contribution is -2.31. The van der Waals surface area contributed by atoms with Crippen molar-refractivity contribution in [2.45, 2.75) is 19.4 Å². The van der Waals surface area contributed by atoms with E-state index in [0.29, 0.717) is 0 Å². The van der Waals surface area contributed by atoms with E-state index in [-0.39, 0.29) is 12.5 Å². The van der Waals surface area contributed by atoms with E-state index in [9.17, 15) is 4.79 Å². The zero-order valence-corrected chi connectivity index (χ0v) is 11.7. The molecule has 0 heterocycles. The van der Waals surface area contributed by atoms with Crippen LogP contribution in [-0.4, -0.2) is 31.3 Å². The van der Waals surface area contributed by atoms with Gasteiger partial charge in [0.2, 0.25) is 0 Å². The molecule has 0 spiro atoms. The zero-order valence-electron chi connectivity index (χ0n) is 10.1. The van der Waals surface area contributed by atoms with Crippen molar-refractivity contribution < 1.29 is 14.6 Å². The predicted molar refractivity (Wildman–Crippen MR) is 70.8 cm³/mol. The Morgan fingerprint density at radius 3 is 2.76 bits per heavy atom. The predicted octanol–water partition coefficient (Wildman–Crippen LogP) is 2.76. The van der Waals surface area contributed by atoms with Crippen molar-refractivity contribution in [3.8, 4) is 5.75 Å². The molecular formula is C12H16BrNO3. The number of benzene rings is 1. The Balaban J connectivity index is 2.97. The number of ether oxygens (including phenoxy) is 1. The van der Waals surface area contributed by atoms with Gasteiger partial charge in [0, 0.05) is 17.6 Å². The minimum Gasteiger partial charge on any atom is -0.495 e. The second-order valence-corrected chi connectivity index (χ2v) is 4.79. The van der Waals surface area contributed by atoms with Gasteiger partial charge in [-0.3, -0.25) is 4.79 Å². The number of carboxylic acid groups (broad SMARTS) is 1. The maximum atomic E-state index is 10.7. The van der Waals surface area contributed by atoms with Crippen LogP contribution in [0, 0.1) is 0 Å². The topological polar surface area (TPSA) is 49.8 Å². The van der Waals surface area contributed by atoms with Crippen LogP contribution in [0.2, 0.25) is 0 Å². The number of carboxylic acids is 1. The van der Waals surface area contributed by atoms with Crippen LogP contribution in [0.25, 0.3) is 0 Å². The van der Waals surface area contributed by atoms with E-state index >= 15 is 0 Å². The molecule has 1 aromatic rings. The average Bonchev–Trinajstić information content (AvgIpc) is 2.27. The Hall–Kier alpha value is -1.23. The van der Waals surface area contributed by atoms with Gasteiger partial charge in [-0.15, -0.1) is 0 Å². The fourth-order valence-electron chi connectivity index (χ4n) is 1.57. The number of rotatable bonds is 5. The summed E-state index contributed by atoms with van der Waals surface area (Å²) in [5.74, 6) is -0.0775. The lowest BCUT2D eigenvalue weighted by atomic mass is 10.2. The van der Waals surface area contributed by atoms with Crippen molar-refractivity contribution in [1.29, 1.82) is 0 Å². The van der Waals surface area contributed by atoms with Crippen LogP contribution in [-0.2, 0) is 4.79 Å². The van der Waals surface area contributed by atoms with E-state index in [1.807, 2.05) is 37.1 Å². The van der Waals surface area contributed by atoms with E-state index in [1.165, 1.54) is 0 Å². The highest BCUT2D eigenvalue weighted by molar-refractivity contribution is 9.10. The van der Waals surface area contributed by atoms with Crippen molar-refractivity contribution in [3.05, 3.63) is 22.7 Å². The van der Waals surface area contributed by atoms with Gasteiger partial charge in [0.15, 0.2) is 0 Å². The second kappa shape index (κ2) is 5.91.